The smallest absolute Gasteiger partial charge is 0.254 e. The van der Waals surface area contributed by atoms with Crippen LogP contribution in [0.4, 0.5) is 5.69 Å². The topological polar surface area (TPSA) is 147 Å². The molecule has 3 aromatic carbocycles. The number of aromatic nitrogens is 2. The van der Waals surface area contributed by atoms with Crippen molar-refractivity contribution in [3.8, 4) is 17.4 Å². The zero-order valence-electron chi connectivity index (χ0n) is 32.0. The summed E-state index contributed by atoms with van der Waals surface area (Å²) in [4.78, 5) is 51.3. The molecule has 2 heterocycles. The van der Waals surface area contributed by atoms with Crippen LogP contribution in [0.5, 0.6) is 17.4 Å². The molecule has 4 aromatic rings. The third kappa shape index (κ3) is 9.02. The number of amidine groups is 1. The zero-order chi connectivity index (χ0) is 39.1. The van der Waals surface area contributed by atoms with Gasteiger partial charge in [0, 0.05) is 80.1 Å². The highest BCUT2D eigenvalue weighted by Crippen LogP contribution is 2.35. The predicted molar refractivity (Wildman–Crippen MR) is 213 cm³/mol. The van der Waals surface area contributed by atoms with Gasteiger partial charge in [0.25, 0.3) is 5.91 Å². The van der Waals surface area contributed by atoms with E-state index in [9.17, 15) is 14.4 Å². The second kappa shape index (κ2) is 17.0. The van der Waals surface area contributed by atoms with E-state index in [-0.39, 0.29) is 35.9 Å². The van der Waals surface area contributed by atoms with Crippen LogP contribution in [-0.2, 0) is 10.2 Å². The van der Waals surface area contributed by atoms with Crippen LogP contribution >= 0.6 is 0 Å². The van der Waals surface area contributed by atoms with Gasteiger partial charge in [-0.25, -0.2) is 4.98 Å². The van der Waals surface area contributed by atoms with Gasteiger partial charge in [0.15, 0.2) is 17.9 Å². The first-order valence-corrected chi connectivity index (χ1v) is 18.6. The second-order valence-corrected chi connectivity index (χ2v) is 14.7. The number of nitrogens with one attached hydrogen (secondary N) is 3. The number of amides is 1. The summed E-state index contributed by atoms with van der Waals surface area (Å²) in [6.45, 7) is 11.2. The monoisotopic (exact) mass is 743 g/mol. The Morgan fingerprint density at radius 3 is 2.35 bits per heavy atom. The maximum absolute atomic E-state index is 13.6. The van der Waals surface area contributed by atoms with Crippen LogP contribution < -0.4 is 25.4 Å². The summed E-state index contributed by atoms with van der Waals surface area (Å²) in [7, 11) is 3.39. The summed E-state index contributed by atoms with van der Waals surface area (Å²) < 4.78 is 12.4. The molecule has 2 unspecified atom stereocenters. The highest BCUT2D eigenvalue weighted by molar-refractivity contribution is 6.02. The highest BCUT2D eigenvalue weighted by atomic mass is 16.5. The van der Waals surface area contributed by atoms with E-state index in [0.29, 0.717) is 59.4 Å². The number of ether oxygens (including phenoxy) is 2. The van der Waals surface area contributed by atoms with Crippen molar-refractivity contribution < 1.29 is 23.9 Å². The molecule has 6 rings (SSSR count). The highest BCUT2D eigenvalue weighted by Gasteiger charge is 2.32. The van der Waals surface area contributed by atoms with Crippen molar-refractivity contribution in [2.75, 3.05) is 26.0 Å². The van der Waals surface area contributed by atoms with E-state index in [4.69, 9.17) is 9.47 Å². The van der Waals surface area contributed by atoms with Crippen LogP contribution in [0.1, 0.15) is 84.1 Å². The molecule has 1 aromatic heterocycles. The van der Waals surface area contributed by atoms with Gasteiger partial charge in [0.1, 0.15) is 23.9 Å². The van der Waals surface area contributed by atoms with Crippen molar-refractivity contribution in [2.24, 2.45) is 4.99 Å². The molecule has 1 amide bonds. The van der Waals surface area contributed by atoms with E-state index in [1.165, 1.54) is 4.90 Å². The number of carbonyl (C=O) groups is 3. The van der Waals surface area contributed by atoms with Gasteiger partial charge in [-0.1, -0.05) is 44.7 Å². The maximum Gasteiger partial charge on any atom is 0.254 e. The number of likely N-dealkylation sites (N-methyl/N-ethyl adjacent to an activating group) is 2. The SMILES string of the molecule is C=C(NC)C(CCC=O)N(C)C(=O)c1cc(NC2CC(Oc3ccc(C(C)(C)c4ccc(Oc5ccnc(C6=NCC(C)N6)n5)cc4)cc3)C2)ccc1C=O. The fraction of sp³-hybridized carbons (Fsp3) is 0.349. The number of aliphatic imine (C=N–C) groups is 1. The third-order valence-corrected chi connectivity index (χ3v) is 10.4. The van der Waals surface area contributed by atoms with Gasteiger partial charge in [-0.3, -0.25) is 14.6 Å². The molecule has 0 radical (unpaired) electrons. The first-order chi connectivity index (χ1) is 26.5. The van der Waals surface area contributed by atoms with Gasteiger partial charge in [-0.2, -0.15) is 4.98 Å². The fourth-order valence-corrected chi connectivity index (χ4v) is 6.85. The van der Waals surface area contributed by atoms with Gasteiger partial charge < -0.3 is 35.1 Å². The van der Waals surface area contributed by atoms with Crippen molar-refractivity contribution in [1.82, 2.24) is 25.5 Å². The van der Waals surface area contributed by atoms with E-state index >= 15 is 0 Å². The number of hydrogen-bond acceptors (Lipinski definition) is 11. The van der Waals surface area contributed by atoms with Crippen LogP contribution in [0, 0.1) is 0 Å². The van der Waals surface area contributed by atoms with E-state index in [1.807, 2.05) is 30.3 Å². The van der Waals surface area contributed by atoms with Crippen LogP contribution in [0.3, 0.4) is 0 Å². The predicted octanol–water partition coefficient (Wildman–Crippen LogP) is 6.32. The average Bonchev–Trinajstić information content (AvgIpc) is 3.63. The summed E-state index contributed by atoms with van der Waals surface area (Å²) >= 11 is 0. The van der Waals surface area contributed by atoms with Gasteiger partial charge in [-0.05, 0) is 66.9 Å². The van der Waals surface area contributed by atoms with E-state index in [1.54, 1.807) is 38.5 Å². The molecule has 55 heavy (non-hydrogen) atoms. The molecule has 1 aliphatic carbocycles. The van der Waals surface area contributed by atoms with Gasteiger partial charge in [-0.15, -0.1) is 0 Å². The number of aldehydes is 2. The molecule has 3 N–H and O–H groups in total. The van der Waals surface area contributed by atoms with Crippen molar-refractivity contribution in [2.45, 2.75) is 76.1 Å². The summed E-state index contributed by atoms with van der Waals surface area (Å²) in [6, 6.07) is 23.2. The lowest BCUT2D eigenvalue weighted by Gasteiger charge is -2.36. The molecular formula is C43H49N7O5. The average molecular weight is 744 g/mol. The zero-order valence-corrected chi connectivity index (χ0v) is 32.0. The Morgan fingerprint density at radius 2 is 1.73 bits per heavy atom. The number of benzene rings is 3. The van der Waals surface area contributed by atoms with E-state index in [2.05, 4.69) is 82.5 Å². The Balaban J connectivity index is 1.02. The molecule has 1 saturated carbocycles. The Hall–Kier alpha value is -6.04. The Bertz CT molecular complexity index is 2040. The number of carbonyl (C=O) groups excluding carboxylic acids is 3. The fourth-order valence-electron chi connectivity index (χ4n) is 6.85. The van der Waals surface area contributed by atoms with Crippen molar-refractivity contribution in [3.63, 3.8) is 0 Å². The van der Waals surface area contributed by atoms with Crippen molar-refractivity contribution in [3.05, 3.63) is 119 Å². The third-order valence-electron chi connectivity index (χ3n) is 10.4. The Kier molecular flexibility index (Phi) is 11.9. The van der Waals surface area contributed by atoms with Gasteiger partial charge in [0.05, 0.1) is 18.2 Å². The molecule has 286 valence electrons. The molecule has 1 fully saturated rings. The number of rotatable bonds is 17. The molecule has 12 heteroatoms. The van der Waals surface area contributed by atoms with Crippen LogP contribution in [0.15, 0.2) is 96.3 Å². The first-order valence-electron chi connectivity index (χ1n) is 18.6. The summed E-state index contributed by atoms with van der Waals surface area (Å²) in [5.74, 6) is 2.83. The van der Waals surface area contributed by atoms with Crippen molar-refractivity contribution >= 4 is 30.0 Å². The largest absolute Gasteiger partial charge is 0.490 e. The lowest BCUT2D eigenvalue weighted by atomic mass is 9.78. The Labute approximate surface area is 322 Å². The minimum absolute atomic E-state index is 0.0495. The molecule has 0 spiro atoms. The molecule has 2 atom stereocenters. The standard InChI is InChI=1S/C43H49N7O5/c1-27-25-46-41(47-27)40-45-20-19-39(49-40)55-35-17-12-31(13-18-35)43(3,4)30-10-15-34(16-11-30)54-36-22-33(23-36)48-32-14-9-29(26-52)37(24-32)42(53)50(6)38(8-7-21-51)28(2)44-5/h9-21,24,26-27,33,36,38,44,48H,2,7-8,22-23,25H2,1,3-6H3,(H,46,47). The molecule has 1 aliphatic heterocycles. The lowest BCUT2D eigenvalue weighted by Crippen LogP contribution is -2.43. The minimum Gasteiger partial charge on any atom is -0.490 e. The summed E-state index contributed by atoms with van der Waals surface area (Å²) in [5.41, 5.74) is 3.99. The van der Waals surface area contributed by atoms with Gasteiger partial charge >= 0.3 is 0 Å². The van der Waals surface area contributed by atoms with Crippen molar-refractivity contribution in [1.29, 1.82) is 0 Å². The molecule has 12 nitrogen and oxygen atoms in total. The second-order valence-electron chi connectivity index (χ2n) is 14.7. The minimum atomic E-state index is -0.402. The first kappa shape index (κ1) is 38.7. The molecular weight excluding hydrogens is 695 g/mol. The molecule has 2 aliphatic rings. The van der Waals surface area contributed by atoms with E-state index < -0.39 is 6.04 Å². The summed E-state index contributed by atoms with van der Waals surface area (Å²) in [6.07, 6.45) is 5.52. The lowest BCUT2D eigenvalue weighted by molar-refractivity contribution is -0.108. The van der Waals surface area contributed by atoms with E-state index in [0.717, 1.165) is 41.7 Å². The normalized spacial score (nSPS) is 18.1. The number of hydrogen-bond donors (Lipinski definition) is 3. The van der Waals surface area contributed by atoms with Crippen LogP contribution in [-0.4, -0.2) is 84.1 Å². The number of anilines is 1. The maximum atomic E-state index is 13.6. The van der Waals surface area contributed by atoms with Crippen LogP contribution in [0.25, 0.3) is 0 Å². The summed E-state index contributed by atoms with van der Waals surface area (Å²) in [5, 5.41) is 9.76. The molecule has 0 bridgehead atoms. The van der Waals surface area contributed by atoms with Gasteiger partial charge in [0.2, 0.25) is 5.88 Å². The molecule has 0 saturated heterocycles. The van der Waals surface area contributed by atoms with Crippen LogP contribution in [0.2, 0.25) is 0 Å². The number of nitrogens with zero attached hydrogens (tertiary/aromatic N) is 4. The Morgan fingerprint density at radius 1 is 1.04 bits per heavy atom. The quantitative estimate of drug-likeness (QED) is 0.105.